The summed E-state index contributed by atoms with van der Waals surface area (Å²) in [4.78, 5) is 17.2. The van der Waals surface area contributed by atoms with Crippen molar-refractivity contribution in [2.45, 2.75) is 6.54 Å². The molecule has 0 saturated carbocycles. The van der Waals surface area contributed by atoms with Crippen molar-refractivity contribution in [2.24, 2.45) is 0 Å². The van der Waals surface area contributed by atoms with E-state index in [1.54, 1.807) is 29.2 Å². The largest absolute Gasteiger partial charge is 0.486 e. The van der Waals surface area contributed by atoms with Crippen LogP contribution in [0.3, 0.4) is 0 Å². The van der Waals surface area contributed by atoms with Crippen molar-refractivity contribution >= 4 is 33.9 Å². The SMILES string of the molecule is O=c1[nH]c2cc3c(cc2cc1CN(CCO)C(=S)Nc1ccc(F)cc1)OCCO3. The van der Waals surface area contributed by atoms with Crippen molar-refractivity contribution in [3.63, 3.8) is 0 Å². The number of ether oxygens (including phenoxy) is 2. The van der Waals surface area contributed by atoms with E-state index in [-0.39, 0.29) is 31.1 Å². The summed E-state index contributed by atoms with van der Waals surface area (Å²) in [5, 5.41) is 13.6. The molecule has 0 radical (unpaired) electrons. The lowest BCUT2D eigenvalue weighted by molar-refractivity contribution is 0.172. The molecule has 0 unspecified atom stereocenters. The van der Waals surface area contributed by atoms with Gasteiger partial charge in [-0.3, -0.25) is 4.79 Å². The van der Waals surface area contributed by atoms with Crippen molar-refractivity contribution in [2.75, 3.05) is 31.7 Å². The number of aromatic amines is 1. The number of anilines is 1. The van der Waals surface area contributed by atoms with E-state index in [0.29, 0.717) is 46.6 Å². The van der Waals surface area contributed by atoms with Crippen LogP contribution in [0.1, 0.15) is 5.56 Å². The van der Waals surface area contributed by atoms with Gasteiger partial charge >= 0.3 is 0 Å². The third-order valence-electron chi connectivity index (χ3n) is 4.70. The molecule has 0 fully saturated rings. The summed E-state index contributed by atoms with van der Waals surface area (Å²) in [5.74, 6) is 0.883. The van der Waals surface area contributed by atoms with Gasteiger partial charge in [0.05, 0.1) is 18.7 Å². The van der Waals surface area contributed by atoms with Crippen LogP contribution in [-0.4, -0.2) is 46.5 Å². The van der Waals surface area contributed by atoms with Gasteiger partial charge < -0.3 is 29.8 Å². The molecule has 30 heavy (non-hydrogen) atoms. The molecule has 2 aromatic carbocycles. The van der Waals surface area contributed by atoms with E-state index in [1.807, 2.05) is 6.07 Å². The van der Waals surface area contributed by atoms with Crippen LogP contribution >= 0.6 is 12.2 Å². The van der Waals surface area contributed by atoms with Crippen LogP contribution in [0.2, 0.25) is 0 Å². The van der Waals surface area contributed by atoms with Gasteiger partial charge in [0.2, 0.25) is 0 Å². The van der Waals surface area contributed by atoms with Crippen molar-refractivity contribution in [1.29, 1.82) is 0 Å². The first kappa shape index (κ1) is 20.1. The molecule has 0 aliphatic carbocycles. The fraction of sp³-hybridized carbons (Fsp3) is 0.238. The Morgan fingerprint density at radius 2 is 1.87 bits per heavy atom. The lowest BCUT2D eigenvalue weighted by atomic mass is 10.1. The maximum absolute atomic E-state index is 13.1. The molecule has 1 aliphatic heterocycles. The summed E-state index contributed by atoms with van der Waals surface area (Å²) in [6.07, 6.45) is 0. The molecule has 156 valence electrons. The van der Waals surface area contributed by atoms with Gasteiger partial charge in [0.15, 0.2) is 16.6 Å². The first-order valence-electron chi connectivity index (χ1n) is 9.41. The number of halogens is 1. The zero-order valence-corrected chi connectivity index (χ0v) is 16.8. The molecule has 2 heterocycles. The quantitative estimate of drug-likeness (QED) is 0.538. The zero-order chi connectivity index (χ0) is 21.1. The Morgan fingerprint density at radius 1 is 1.17 bits per heavy atom. The maximum atomic E-state index is 13.1. The van der Waals surface area contributed by atoms with Crippen molar-refractivity contribution in [1.82, 2.24) is 9.88 Å². The van der Waals surface area contributed by atoms with E-state index in [1.165, 1.54) is 12.1 Å². The number of thiocarbonyl (C=S) groups is 1. The smallest absolute Gasteiger partial charge is 0.253 e. The van der Waals surface area contributed by atoms with Crippen LogP contribution < -0.4 is 20.3 Å². The van der Waals surface area contributed by atoms with Gasteiger partial charge in [-0.15, -0.1) is 0 Å². The fourth-order valence-electron chi connectivity index (χ4n) is 3.22. The number of benzene rings is 2. The third kappa shape index (κ3) is 4.37. The van der Waals surface area contributed by atoms with E-state index in [2.05, 4.69) is 10.3 Å². The number of hydrogen-bond donors (Lipinski definition) is 3. The van der Waals surface area contributed by atoms with E-state index < -0.39 is 0 Å². The highest BCUT2D eigenvalue weighted by Crippen LogP contribution is 2.33. The lowest BCUT2D eigenvalue weighted by Crippen LogP contribution is -2.37. The van der Waals surface area contributed by atoms with Crippen LogP contribution in [0.4, 0.5) is 10.1 Å². The minimum absolute atomic E-state index is 0.143. The van der Waals surface area contributed by atoms with Gasteiger partial charge in [0, 0.05) is 29.2 Å². The molecule has 1 aliphatic rings. The first-order chi connectivity index (χ1) is 14.5. The molecular weight excluding hydrogens is 409 g/mol. The van der Waals surface area contributed by atoms with E-state index in [0.717, 1.165) is 5.39 Å². The van der Waals surface area contributed by atoms with Crippen molar-refractivity contribution in [3.8, 4) is 11.5 Å². The van der Waals surface area contributed by atoms with Crippen molar-refractivity contribution in [3.05, 3.63) is 64.2 Å². The molecule has 0 saturated heterocycles. The number of H-pyrrole nitrogens is 1. The number of nitrogens with zero attached hydrogens (tertiary/aromatic N) is 1. The number of pyridine rings is 1. The monoisotopic (exact) mass is 429 g/mol. The van der Waals surface area contributed by atoms with Crippen LogP contribution in [0.15, 0.2) is 47.3 Å². The Kier molecular flexibility index (Phi) is 5.82. The molecule has 4 rings (SSSR count). The number of aliphatic hydroxyl groups is 1. The topological polar surface area (TPSA) is 86.8 Å². The highest BCUT2D eigenvalue weighted by molar-refractivity contribution is 7.80. The predicted octanol–water partition coefficient (Wildman–Crippen LogP) is 2.63. The number of hydrogen-bond acceptors (Lipinski definition) is 5. The normalized spacial score (nSPS) is 12.6. The standard InChI is InChI=1S/C21H20FN3O4S/c22-15-1-3-16(4-2-15)23-21(30)25(5-6-26)12-14-9-13-10-18-19(29-8-7-28-18)11-17(13)24-20(14)27/h1-4,9-11,26H,5-8,12H2,(H,23,30)(H,24,27). The molecule has 7 nitrogen and oxygen atoms in total. The summed E-state index contributed by atoms with van der Waals surface area (Å²) in [6, 6.07) is 11.1. The van der Waals surface area contributed by atoms with Crippen LogP contribution in [0.25, 0.3) is 10.9 Å². The van der Waals surface area contributed by atoms with Gasteiger partial charge in [0.25, 0.3) is 5.56 Å². The number of nitrogens with one attached hydrogen (secondary N) is 2. The summed E-state index contributed by atoms with van der Waals surface area (Å²) < 4.78 is 24.3. The predicted molar refractivity (Wildman–Crippen MR) is 116 cm³/mol. The second-order valence-corrected chi connectivity index (χ2v) is 7.18. The van der Waals surface area contributed by atoms with Crippen LogP contribution in [0.5, 0.6) is 11.5 Å². The Balaban J connectivity index is 1.59. The second-order valence-electron chi connectivity index (χ2n) is 6.79. The summed E-state index contributed by atoms with van der Waals surface area (Å²) in [5.41, 5.74) is 1.48. The minimum atomic E-state index is -0.349. The van der Waals surface area contributed by atoms with Gasteiger partial charge in [-0.1, -0.05) is 0 Å². The Labute approximate surface area is 177 Å². The molecule has 0 amide bonds. The molecule has 3 aromatic rings. The van der Waals surface area contributed by atoms with Crippen molar-refractivity contribution < 1.29 is 19.0 Å². The van der Waals surface area contributed by atoms with Gasteiger partial charge in [-0.25, -0.2) is 4.39 Å². The number of fused-ring (bicyclic) bond motifs is 2. The van der Waals surface area contributed by atoms with Gasteiger partial charge in [-0.2, -0.15) is 0 Å². The molecule has 9 heteroatoms. The number of rotatable bonds is 5. The maximum Gasteiger partial charge on any atom is 0.253 e. The molecule has 0 atom stereocenters. The van der Waals surface area contributed by atoms with Gasteiger partial charge in [-0.05, 0) is 48.6 Å². The van der Waals surface area contributed by atoms with E-state index in [9.17, 15) is 14.3 Å². The minimum Gasteiger partial charge on any atom is -0.486 e. The molecule has 0 bridgehead atoms. The van der Waals surface area contributed by atoms with Gasteiger partial charge in [0.1, 0.15) is 19.0 Å². The Morgan fingerprint density at radius 3 is 2.57 bits per heavy atom. The molecule has 3 N–H and O–H groups in total. The van der Waals surface area contributed by atoms with E-state index >= 15 is 0 Å². The zero-order valence-electron chi connectivity index (χ0n) is 16.0. The summed E-state index contributed by atoms with van der Waals surface area (Å²) >= 11 is 5.44. The highest BCUT2D eigenvalue weighted by atomic mass is 32.1. The molecule has 0 spiro atoms. The number of aromatic nitrogens is 1. The van der Waals surface area contributed by atoms with Crippen LogP contribution in [-0.2, 0) is 6.54 Å². The second kappa shape index (κ2) is 8.68. The Bertz CT molecular complexity index is 1130. The van der Waals surface area contributed by atoms with Crippen LogP contribution in [0, 0.1) is 5.82 Å². The average molecular weight is 429 g/mol. The van der Waals surface area contributed by atoms with E-state index in [4.69, 9.17) is 21.7 Å². The molecule has 1 aromatic heterocycles. The Hall–Kier alpha value is -3.17. The molecular formula is C21H20FN3O4S. The third-order valence-corrected chi connectivity index (χ3v) is 5.06. The number of aliphatic hydroxyl groups excluding tert-OH is 1. The average Bonchev–Trinajstić information content (AvgIpc) is 2.74. The summed E-state index contributed by atoms with van der Waals surface area (Å²) in [6.45, 7) is 1.21. The first-order valence-corrected chi connectivity index (χ1v) is 9.82. The summed E-state index contributed by atoms with van der Waals surface area (Å²) in [7, 11) is 0. The fourth-order valence-corrected chi connectivity index (χ4v) is 3.49. The highest BCUT2D eigenvalue weighted by Gasteiger charge is 2.16. The lowest BCUT2D eigenvalue weighted by Gasteiger charge is -2.25.